The molecule has 0 amide bonds. The average molecular weight is 246 g/mol. The molecule has 0 bridgehead atoms. The van der Waals surface area contributed by atoms with Gasteiger partial charge >= 0.3 is 0 Å². The molecule has 0 saturated carbocycles. The van der Waals surface area contributed by atoms with Gasteiger partial charge in [0.25, 0.3) is 0 Å². The van der Waals surface area contributed by atoms with E-state index in [1.807, 2.05) is 0 Å². The molecule has 2 heterocycles. The monoisotopic (exact) mass is 246 g/mol. The summed E-state index contributed by atoms with van der Waals surface area (Å²) in [5, 5.41) is 4.81. The maximum Gasteiger partial charge on any atom is 0.132 e. The Hall–Kier alpha value is -1.62. The van der Waals surface area contributed by atoms with E-state index in [2.05, 4.69) is 45.7 Å². The Balaban J connectivity index is 1.91. The van der Waals surface area contributed by atoms with Crippen molar-refractivity contribution in [2.45, 2.75) is 25.9 Å². The molecular formula is C12H14N4S. The first-order chi connectivity index (χ1) is 8.25. The largest absolute Gasteiger partial charge is 0.388 e. The van der Waals surface area contributed by atoms with Crippen molar-refractivity contribution in [2.75, 3.05) is 10.6 Å². The molecular weight excluding hydrogens is 232 g/mol. The summed E-state index contributed by atoms with van der Waals surface area (Å²) in [7, 11) is 0. The number of aromatic nitrogens is 2. The highest BCUT2D eigenvalue weighted by atomic mass is 32.1. The Labute approximate surface area is 104 Å². The van der Waals surface area contributed by atoms with Gasteiger partial charge in [-0.15, -0.1) is 5.10 Å². The maximum absolute atomic E-state index is 5.85. The van der Waals surface area contributed by atoms with E-state index in [-0.39, 0.29) is 0 Å². The van der Waals surface area contributed by atoms with Crippen LogP contribution in [0.5, 0.6) is 0 Å². The zero-order valence-corrected chi connectivity index (χ0v) is 10.4. The molecule has 2 N–H and O–H groups in total. The third kappa shape index (κ3) is 1.76. The van der Waals surface area contributed by atoms with Gasteiger partial charge in [0.1, 0.15) is 10.7 Å². The van der Waals surface area contributed by atoms with Crippen LogP contribution in [0.2, 0.25) is 0 Å². The molecule has 1 aliphatic rings. The molecule has 88 valence electrons. The lowest BCUT2D eigenvalue weighted by molar-refractivity contribution is 0.664. The number of anilines is 2. The van der Waals surface area contributed by atoms with Crippen molar-refractivity contribution in [3.8, 4) is 0 Å². The van der Waals surface area contributed by atoms with Crippen LogP contribution in [-0.2, 0) is 13.0 Å². The summed E-state index contributed by atoms with van der Waals surface area (Å²) in [5.74, 6) is 0. The molecule has 1 aromatic carbocycles. The molecule has 0 spiro atoms. The van der Waals surface area contributed by atoms with E-state index in [4.69, 9.17) is 5.73 Å². The van der Waals surface area contributed by atoms with E-state index in [1.165, 1.54) is 22.8 Å². The minimum Gasteiger partial charge on any atom is -0.388 e. The fourth-order valence-corrected chi connectivity index (χ4v) is 2.80. The van der Waals surface area contributed by atoms with Gasteiger partial charge in [-0.1, -0.05) is 22.7 Å². The zero-order chi connectivity index (χ0) is 11.8. The van der Waals surface area contributed by atoms with Gasteiger partial charge < -0.3 is 10.6 Å². The summed E-state index contributed by atoms with van der Waals surface area (Å²) in [6.45, 7) is 2.98. The number of nitrogens with zero attached hydrogens (tertiary/aromatic N) is 3. The van der Waals surface area contributed by atoms with Crippen LogP contribution in [0.1, 0.15) is 18.2 Å². The number of para-hydroxylation sites is 1. The summed E-state index contributed by atoms with van der Waals surface area (Å²) >= 11 is 1.26. The Morgan fingerprint density at radius 1 is 1.47 bits per heavy atom. The molecule has 1 aromatic heterocycles. The highest BCUT2D eigenvalue weighted by Gasteiger charge is 2.26. The average Bonchev–Trinajstić information content (AvgIpc) is 2.85. The van der Waals surface area contributed by atoms with Crippen LogP contribution < -0.4 is 10.6 Å². The Kier molecular flexibility index (Phi) is 2.48. The molecule has 17 heavy (non-hydrogen) atoms. The molecule has 5 heteroatoms. The third-order valence-electron chi connectivity index (χ3n) is 3.25. The van der Waals surface area contributed by atoms with Crippen molar-refractivity contribution < 1.29 is 0 Å². The van der Waals surface area contributed by atoms with Crippen LogP contribution in [0.3, 0.4) is 0 Å². The molecule has 3 rings (SSSR count). The van der Waals surface area contributed by atoms with Crippen molar-refractivity contribution in [3.05, 3.63) is 35.5 Å². The standard InChI is InChI=1S/C12H14N4S/c1-8-6-9-4-2-3-5-11(9)16(8)7-10-12(13)17-15-14-10/h2-5,8H,6-7,13H2,1H3. The predicted molar refractivity (Wildman–Crippen MR) is 70.1 cm³/mol. The lowest BCUT2D eigenvalue weighted by atomic mass is 10.1. The lowest BCUT2D eigenvalue weighted by Crippen LogP contribution is -2.29. The van der Waals surface area contributed by atoms with Crippen molar-refractivity contribution in [2.24, 2.45) is 0 Å². The highest BCUT2D eigenvalue weighted by molar-refractivity contribution is 7.09. The smallest absolute Gasteiger partial charge is 0.132 e. The third-order valence-corrected chi connectivity index (χ3v) is 3.85. The van der Waals surface area contributed by atoms with Crippen LogP contribution >= 0.6 is 11.5 Å². The van der Waals surface area contributed by atoms with Crippen LogP contribution in [0.15, 0.2) is 24.3 Å². The first-order valence-corrected chi connectivity index (χ1v) is 6.44. The predicted octanol–water partition coefficient (Wildman–Crippen LogP) is 2.07. The van der Waals surface area contributed by atoms with Gasteiger partial charge in [0.15, 0.2) is 0 Å². The SMILES string of the molecule is CC1Cc2ccccc2N1Cc1nnsc1N. The van der Waals surface area contributed by atoms with Crippen LogP contribution in [0, 0.1) is 0 Å². The number of hydrogen-bond donors (Lipinski definition) is 1. The molecule has 0 saturated heterocycles. The van der Waals surface area contributed by atoms with Gasteiger partial charge in [-0.3, -0.25) is 0 Å². The summed E-state index contributed by atoms with van der Waals surface area (Å²) < 4.78 is 3.88. The molecule has 0 fully saturated rings. The fourth-order valence-electron chi connectivity index (χ4n) is 2.36. The van der Waals surface area contributed by atoms with Crippen molar-refractivity contribution in [1.29, 1.82) is 0 Å². The van der Waals surface area contributed by atoms with Crippen molar-refractivity contribution >= 4 is 22.2 Å². The molecule has 1 aliphatic heterocycles. The van der Waals surface area contributed by atoms with Gasteiger partial charge in [0.2, 0.25) is 0 Å². The molecule has 0 aliphatic carbocycles. The minimum absolute atomic E-state index is 0.494. The molecule has 0 radical (unpaired) electrons. The second-order valence-electron chi connectivity index (χ2n) is 4.39. The van der Waals surface area contributed by atoms with E-state index in [0.717, 1.165) is 23.7 Å². The normalized spacial score (nSPS) is 18.4. The van der Waals surface area contributed by atoms with E-state index >= 15 is 0 Å². The van der Waals surface area contributed by atoms with Gasteiger partial charge in [-0.05, 0) is 25.0 Å². The van der Waals surface area contributed by atoms with Crippen molar-refractivity contribution in [3.63, 3.8) is 0 Å². The van der Waals surface area contributed by atoms with Gasteiger partial charge in [-0.2, -0.15) is 0 Å². The van der Waals surface area contributed by atoms with Crippen LogP contribution in [0.25, 0.3) is 0 Å². The number of hydrogen-bond acceptors (Lipinski definition) is 5. The summed E-state index contributed by atoms with van der Waals surface area (Å²) in [4.78, 5) is 2.35. The van der Waals surface area contributed by atoms with Gasteiger partial charge in [0.05, 0.1) is 6.54 Å². The summed E-state index contributed by atoms with van der Waals surface area (Å²) in [6.07, 6.45) is 1.09. The number of nitrogens with two attached hydrogens (primary N) is 1. The Morgan fingerprint density at radius 2 is 2.29 bits per heavy atom. The second kappa shape index (κ2) is 4.00. The number of benzene rings is 1. The number of nitrogen functional groups attached to an aromatic ring is 1. The quantitative estimate of drug-likeness (QED) is 0.881. The van der Waals surface area contributed by atoms with Gasteiger partial charge in [0, 0.05) is 23.3 Å². The highest BCUT2D eigenvalue weighted by Crippen LogP contribution is 2.33. The molecule has 2 aromatic rings. The minimum atomic E-state index is 0.494. The maximum atomic E-state index is 5.85. The first-order valence-electron chi connectivity index (χ1n) is 5.67. The molecule has 4 nitrogen and oxygen atoms in total. The number of fused-ring (bicyclic) bond motifs is 1. The lowest BCUT2D eigenvalue weighted by Gasteiger charge is -2.23. The number of rotatable bonds is 2. The molecule has 1 atom stereocenters. The van der Waals surface area contributed by atoms with E-state index in [0.29, 0.717) is 6.04 Å². The Morgan fingerprint density at radius 3 is 3.06 bits per heavy atom. The van der Waals surface area contributed by atoms with E-state index in [9.17, 15) is 0 Å². The van der Waals surface area contributed by atoms with Crippen LogP contribution in [-0.4, -0.2) is 15.6 Å². The van der Waals surface area contributed by atoms with E-state index in [1.54, 1.807) is 0 Å². The fraction of sp³-hybridized carbons (Fsp3) is 0.333. The Bertz CT molecular complexity index is 537. The zero-order valence-electron chi connectivity index (χ0n) is 9.63. The second-order valence-corrected chi connectivity index (χ2v) is 5.18. The van der Waals surface area contributed by atoms with E-state index < -0.39 is 0 Å². The topological polar surface area (TPSA) is 55.0 Å². The summed E-state index contributed by atoms with van der Waals surface area (Å²) in [6, 6.07) is 9.01. The van der Waals surface area contributed by atoms with Crippen molar-refractivity contribution in [1.82, 2.24) is 9.59 Å². The molecule has 1 unspecified atom stereocenters. The van der Waals surface area contributed by atoms with Gasteiger partial charge in [-0.25, -0.2) is 0 Å². The van der Waals surface area contributed by atoms with Crippen LogP contribution in [0.4, 0.5) is 10.7 Å². The first kappa shape index (κ1) is 10.5. The summed E-state index contributed by atoms with van der Waals surface area (Å²) in [5.41, 5.74) is 9.44.